The molecule has 3 nitrogen and oxygen atoms in total. The summed E-state index contributed by atoms with van der Waals surface area (Å²) in [6.07, 6.45) is 3.69. The molecule has 0 amide bonds. The zero-order valence-electron chi connectivity index (χ0n) is 10.0. The maximum Gasteiger partial charge on any atom is 0.159 e. The molecule has 0 radical (unpaired) electrons. The van der Waals surface area contributed by atoms with Gasteiger partial charge in [0, 0.05) is 29.3 Å². The predicted octanol–water partition coefficient (Wildman–Crippen LogP) is 3.13. The minimum atomic E-state index is 0.629. The Kier molecular flexibility index (Phi) is 2.80. The molecule has 0 spiro atoms. The maximum atomic E-state index is 4.59. The number of benzene rings is 1. The zero-order chi connectivity index (χ0) is 12.5. The van der Waals surface area contributed by atoms with Gasteiger partial charge in [-0.25, -0.2) is 9.50 Å². The molecule has 0 unspecified atom stereocenters. The lowest BCUT2D eigenvalue weighted by Crippen LogP contribution is -1.87. The first kappa shape index (κ1) is 11.3. The lowest BCUT2D eigenvalue weighted by Gasteiger charge is -2.00. The Morgan fingerprint density at radius 3 is 2.72 bits per heavy atom. The first-order chi connectivity index (χ1) is 8.79. The third-order valence-electron chi connectivity index (χ3n) is 2.97. The second kappa shape index (κ2) is 4.46. The molecule has 3 aromatic rings. The van der Waals surface area contributed by atoms with Gasteiger partial charge in [-0.1, -0.05) is 29.8 Å². The van der Waals surface area contributed by atoms with Crippen LogP contribution in [0.4, 0.5) is 0 Å². The highest BCUT2D eigenvalue weighted by Gasteiger charge is 2.13. The normalized spacial score (nSPS) is 11.0. The number of rotatable bonds is 2. The number of aromatic nitrogens is 3. The van der Waals surface area contributed by atoms with Crippen molar-refractivity contribution in [2.24, 2.45) is 0 Å². The summed E-state index contributed by atoms with van der Waals surface area (Å²) in [5.41, 5.74) is 5.26. The van der Waals surface area contributed by atoms with Crippen LogP contribution in [0.25, 0.3) is 16.9 Å². The quantitative estimate of drug-likeness (QED) is 0.713. The van der Waals surface area contributed by atoms with Crippen LogP contribution >= 0.6 is 12.6 Å². The number of thiol groups is 1. The second-order valence-corrected chi connectivity index (χ2v) is 4.56. The topological polar surface area (TPSA) is 30.2 Å². The molecule has 0 atom stereocenters. The molecule has 0 aliphatic carbocycles. The van der Waals surface area contributed by atoms with Gasteiger partial charge in [0.1, 0.15) is 0 Å². The lowest BCUT2D eigenvalue weighted by atomic mass is 10.1. The molecule has 90 valence electrons. The minimum absolute atomic E-state index is 0.629. The van der Waals surface area contributed by atoms with Crippen LogP contribution in [-0.4, -0.2) is 14.6 Å². The van der Waals surface area contributed by atoms with Gasteiger partial charge in [-0.15, -0.1) is 0 Å². The Morgan fingerprint density at radius 1 is 1.22 bits per heavy atom. The van der Waals surface area contributed by atoms with Crippen LogP contribution in [-0.2, 0) is 5.75 Å². The van der Waals surface area contributed by atoms with Crippen LogP contribution in [0.5, 0.6) is 0 Å². The Morgan fingerprint density at radius 2 is 2.00 bits per heavy atom. The van der Waals surface area contributed by atoms with E-state index in [1.807, 2.05) is 12.3 Å². The molecular formula is C14H13N3S. The molecule has 18 heavy (non-hydrogen) atoms. The van der Waals surface area contributed by atoms with E-state index in [1.54, 1.807) is 10.7 Å². The van der Waals surface area contributed by atoms with Crippen LogP contribution in [0.15, 0.2) is 42.7 Å². The summed E-state index contributed by atoms with van der Waals surface area (Å²) >= 11 is 4.40. The molecule has 0 N–H and O–H groups in total. The average molecular weight is 255 g/mol. The number of hydrogen-bond acceptors (Lipinski definition) is 3. The number of nitrogens with zero attached hydrogens (tertiary/aromatic N) is 3. The zero-order valence-corrected chi connectivity index (χ0v) is 10.9. The number of aryl methyl sites for hydroxylation is 1. The molecule has 0 aliphatic rings. The summed E-state index contributed by atoms with van der Waals surface area (Å²) in [5.74, 6) is 0.629. The first-order valence-electron chi connectivity index (χ1n) is 5.80. The number of fused-ring (bicyclic) bond motifs is 1. The van der Waals surface area contributed by atoms with E-state index in [0.29, 0.717) is 5.75 Å². The van der Waals surface area contributed by atoms with Gasteiger partial charge >= 0.3 is 0 Å². The third kappa shape index (κ3) is 1.78. The summed E-state index contributed by atoms with van der Waals surface area (Å²) in [4.78, 5) is 4.37. The summed E-state index contributed by atoms with van der Waals surface area (Å²) in [6, 6.07) is 10.2. The van der Waals surface area contributed by atoms with E-state index in [0.717, 1.165) is 22.5 Å². The van der Waals surface area contributed by atoms with Crippen molar-refractivity contribution in [1.29, 1.82) is 0 Å². The van der Waals surface area contributed by atoms with E-state index in [2.05, 4.69) is 53.9 Å². The Balaban J connectivity index is 2.25. The molecular weight excluding hydrogens is 242 g/mol. The van der Waals surface area contributed by atoms with Crippen molar-refractivity contribution in [3.05, 3.63) is 53.9 Å². The van der Waals surface area contributed by atoms with Gasteiger partial charge < -0.3 is 0 Å². The van der Waals surface area contributed by atoms with E-state index >= 15 is 0 Å². The van der Waals surface area contributed by atoms with Gasteiger partial charge in [0.05, 0.1) is 5.69 Å². The molecule has 4 heteroatoms. The van der Waals surface area contributed by atoms with Gasteiger partial charge in [0.25, 0.3) is 0 Å². The molecule has 0 fully saturated rings. The SMILES string of the molecule is Cc1ccc(-c2nn3cccnc3c2CS)cc1. The standard InChI is InChI=1S/C14H13N3S/c1-10-3-5-11(6-4-10)13-12(9-18)14-15-7-2-8-17(14)16-13/h2-8,18H,9H2,1H3. The van der Waals surface area contributed by atoms with Crippen LogP contribution in [0.3, 0.4) is 0 Å². The molecule has 2 aromatic heterocycles. The summed E-state index contributed by atoms with van der Waals surface area (Å²) in [6.45, 7) is 2.08. The van der Waals surface area contributed by atoms with E-state index in [9.17, 15) is 0 Å². The Labute approximate surface area is 111 Å². The van der Waals surface area contributed by atoms with Gasteiger partial charge in [-0.2, -0.15) is 17.7 Å². The smallest absolute Gasteiger partial charge is 0.159 e. The van der Waals surface area contributed by atoms with E-state index < -0.39 is 0 Å². The van der Waals surface area contributed by atoms with Crippen LogP contribution in [0, 0.1) is 6.92 Å². The van der Waals surface area contributed by atoms with Crippen molar-refractivity contribution < 1.29 is 0 Å². The van der Waals surface area contributed by atoms with E-state index in [-0.39, 0.29) is 0 Å². The molecule has 0 bridgehead atoms. The number of hydrogen-bond donors (Lipinski definition) is 1. The molecule has 0 saturated heterocycles. The largest absolute Gasteiger partial charge is 0.237 e. The van der Waals surface area contributed by atoms with Crippen LogP contribution < -0.4 is 0 Å². The van der Waals surface area contributed by atoms with Crippen molar-refractivity contribution in [2.75, 3.05) is 0 Å². The first-order valence-corrected chi connectivity index (χ1v) is 6.43. The highest BCUT2D eigenvalue weighted by Crippen LogP contribution is 2.26. The molecule has 2 heterocycles. The average Bonchev–Trinajstić information content (AvgIpc) is 2.78. The minimum Gasteiger partial charge on any atom is -0.237 e. The van der Waals surface area contributed by atoms with Gasteiger partial charge in [0.15, 0.2) is 5.65 Å². The predicted molar refractivity (Wildman–Crippen MR) is 75.9 cm³/mol. The molecule has 3 rings (SSSR count). The van der Waals surface area contributed by atoms with Crippen molar-refractivity contribution in [1.82, 2.24) is 14.6 Å². The highest BCUT2D eigenvalue weighted by molar-refractivity contribution is 7.79. The van der Waals surface area contributed by atoms with E-state index in [4.69, 9.17) is 0 Å². The fourth-order valence-electron chi connectivity index (χ4n) is 2.02. The molecule has 0 aliphatic heterocycles. The molecule has 1 aromatic carbocycles. The van der Waals surface area contributed by atoms with E-state index in [1.165, 1.54) is 5.56 Å². The third-order valence-corrected chi connectivity index (χ3v) is 3.29. The summed E-state index contributed by atoms with van der Waals surface area (Å²) in [5, 5.41) is 4.59. The van der Waals surface area contributed by atoms with Crippen molar-refractivity contribution in [3.8, 4) is 11.3 Å². The summed E-state index contributed by atoms with van der Waals surface area (Å²) < 4.78 is 1.81. The molecule has 0 saturated carbocycles. The highest BCUT2D eigenvalue weighted by atomic mass is 32.1. The van der Waals surface area contributed by atoms with Crippen molar-refractivity contribution >= 4 is 18.3 Å². The van der Waals surface area contributed by atoms with Crippen molar-refractivity contribution in [2.45, 2.75) is 12.7 Å². The lowest BCUT2D eigenvalue weighted by molar-refractivity contribution is 0.943. The van der Waals surface area contributed by atoms with Crippen LogP contribution in [0.2, 0.25) is 0 Å². The Bertz CT molecular complexity index is 686. The fraction of sp³-hybridized carbons (Fsp3) is 0.143. The fourth-order valence-corrected chi connectivity index (χ4v) is 2.31. The summed E-state index contributed by atoms with van der Waals surface area (Å²) in [7, 11) is 0. The van der Waals surface area contributed by atoms with Crippen molar-refractivity contribution in [3.63, 3.8) is 0 Å². The second-order valence-electron chi connectivity index (χ2n) is 4.24. The van der Waals surface area contributed by atoms with Gasteiger partial charge in [0.2, 0.25) is 0 Å². The maximum absolute atomic E-state index is 4.59. The van der Waals surface area contributed by atoms with Crippen LogP contribution in [0.1, 0.15) is 11.1 Å². The van der Waals surface area contributed by atoms with Gasteiger partial charge in [-0.3, -0.25) is 0 Å². The van der Waals surface area contributed by atoms with Gasteiger partial charge in [-0.05, 0) is 13.0 Å². The monoisotopic (exact) mass is 255 g/mol. The Hall–Kier alpha value is -1.81.